The van der Waals surface area contributed by atoms with E-state index in [2.05, 4.69) is 26.1 Å². The SMILES string of the molecule is CN1C(=O)CN[C@@H]1C(C)(C)C.Cl. The second-order valence-electron chi connectivity index (χ2n) is 4.15. The van der Waals surface area contributed by atoms with Gasteiger partial charge in [0.1, 0.15) is 0 Å². The van der Waals surface area contributed by atoms with Gasteiger partial charge in [0.25, 0.3) is 0 Å². The molecular formula is C8H17ClN2O. The van der Waals surface area contributed by atoms with Crippen molar-refractivity contribution in [2.75, 3.05) is 13.6 Å². The summed E-state index contributed by atoms with van der Waals surface area (Å²) in [6, 6.07) is 0. The molecule has 1 aliphatic heterocycles. The molecule has 4 heteroatoms. The van der Waals surface area contributed by atoms with E-state index in [0.29, 0.717) is 6.54 Å². The van der Waals surface area contributed by atoms with Crippen molar-refractivity contribution in [2.45, 2.75) is 26.9 Å². The summed E-state index contributed by atoms with van der Waals surface area (Å²) >= 11 is 0. The van der Waals surface area contributed by atoms with Crippen LogP contribution < -0.4 is 5.32 Å². The predicted octanol–water partition coefficient (Wildman–Crippen LogP) is 0.842. The normalized spacial score (nSPS) is 24.2. The highest BCUT2D eigenvalue weighted by Crippen LogP contribution is 2.23. The Balaban J connectivity index is 0.00000121. The number of carbonyl (C=O) groups excluding carboxylic acids is 1. The molecule has 1 heterocycles. The number of rotatable bonds is 0. The predicted molar refractivity (Wildman–Crippen MR) is 51.3 cm³/mol. The largest absolute Gasteiger partial charge is 0.329 e. The fraction of sp³-hybridized carbons (Fsp3) is 0.875. The smallest absolute Gasteiger partial charge is 0.237 e. The van der Waals surface area contributed by atoms with E-state index < -0.39 is 0 Å². The number of hydrogen-bond donors (Lipinski definition) is 1. The number of nitrogens with zero attached hydrogens (tertiary/aromatic N) is 1. The Morgan fingerprint density at radius 2 is 2.00 bits per heavy atom. The summed E-state index contributed by atoms with van der Waals surface area (Å²) in [5, 5.41) is 3.17. The average Bonchev–Trinajstić information content (AvgIpc) is 2.11. The molecule has 0 unspecified atom stereocenters. The zero-order valence-electron chi connectivity index (χ0n) is 8.05. The fourth-order valence-corrected chi connectivity index (χ4v) is 1.48. The molecule has 1 N–H and O–H groups in total. The summed E-state index contributed by atoms with van der Waals surface area (Å²) in [6.45, 7) is 6.86. The third kappa shape index (κ3) is 2.11. The van der Waals surface area contributed by atoms with Gasteiger partial charge in [0, 0.05) is 7.05 Å². The Kier molecular flexibility index (Phi) is 3.54. The number of carbonyl (C=O) groups is 1. The van der Waals surface area contributed by atoms with Crippen molar-refractivity contribution in [3.05, 3.63) is 0 Å². The molecule has 0 aromatic heterocycles. The summed E-state index contributed by atoms with van der Waals surface area (Å²) in [5.74, 6) is 0.185. The molecule has 0 aromatic carbocycles. The van der Waals surface area contributed by atoms with Crippen LogP contribution in [0.3, 0.4) is 0 Å². The van der Waals surface area contributed by atoms with Gasteiger partial charge in [0.05, 0.1) is 12.7 Å². The first-order valence-corrected chi connectivity index (χ1v) is 3.92. The highest BCUT2D eigenvalue weighted by atomic mass is 35.5. The molecule has 0 aromatic rings. The zero-order chi connectivity index (χ0) is 8.65. The van der Waals surface area contributed by atoms with E-state index in [1.807, 2.05) is 7.05 Å². The number of hydrogen-bond acceptors (Lipinski definition) is 2. The molecule has 0 saturated carbocycles. The highest BCUT2D eigenvalue weighted by molar-refractivity contribution is 5.85. The van der Waals surface area contributed by atoms with Crippen LogP contribution in [-0.2, 0) is 4.79 Å². The lowest BCUT2D eigenvalue weighted by atomic mass is 9.92. The van der Waals surface area contributed by atoms with Gasteiger partial charge in [-0.15, -0.1) is 12.4 Å². The van der Waals surface area contributed by atoms with E-state index in [9.17, 15) is 4.79 Å². The molecule has 0 aliphatic carbocycles. The summed E-state index contributed by atoms with van der Waals surface area (Å²) in [7, 11) is 1.85. The zero-order valence-corrected chi connectivity index (χ0v) is 8.86. The van der Waals surface area contributed by atoms with E-state index in [1.165, 1.54) is 0 Å². The Morgan fingerprint density at radius 3 is 2.17 bits per heavy atom. The van der Waals surface area contributed by atoms with Gasteiger partial charge in [-0.1, -0.05) is 20.8 Å². The molecule has 0 spiro atoms. The van der Waals surface area contributed by atoms with Crippen molar-refractivity contribution in [3.63, 3.8) is 0 Å². The standard InChI is InChI=1S/C8H16N2O.ClH/c1-8(2,3)7-9-5-6(11)10(7)4;/h7,9H,5H2,1-4H3;1H/t7-;/m0./s1. The van der Waals surface area contributed by atoms with Crippen molar-refractivity contribution in [1.82, 2.24) is 10.2 Å². The van der Waals surface area contributed by atoms with Crippen molar-refractivity contribution in [2.24, 2.45) is 5.41 Å². The topological polar surface area (TPSA) is 32.3 Å². The molecule has 1 aliphatic rings. The lowest BCUT2D eigenvalue weighted by Gasteiger charge is -2.32. The van der Waals surface area contributed by atoms with Crippen LogP contribution >= 0.6 is 12.4 Å². The van der Waals surface area contributed by atoms with Crippen LogP contribution in [0.15, 0.2) is 0 Å². The van der Waals surface area contributed by atoms with Gasteiger partial charge in [-0.05, 0) is 5.41 Å². The van der Waals surface area contributed by atoms with Gasteiger partial charge in [-0.3, -0.25) is 10.1 Å². The molecule has 0 bridgehead atoms. The van der Waals surface area contributed by atoms with Crippen molar-refractivity contribution < 1.29 is 4.79 Å². The maximum absolute atomic E-state index is 11.1. The van der Waals surface area contributed by atoms with Crippen molar-refractivity contribution in [3.8, 4) is 0 Å². The second kappa shape index (κ2) is 3.62. The lowest BCUT2D eigenvalue weighted by molar-refractivity contribution is -0.127. The van der Waals surface area contributed by atoms with Crippen LogP contribution in [0.1, 0.15) is 20.8 Å². The first-order valence-electron chi connectivity index (χ1n) is 3.92. The van der Waals surface area contributed by atoms with Crippen LogP contribution in [-0.4, -0.2) is 30.6 Å². The monoisotopic (exact) mass is 192 g/mol. The first-order chi connectivity index (χ1) is 4.93. The first kappa shape index (κ1) is 11.7. The molecular weight excluding hydrogens is 176 g/mol. The molecule has 1 rings (SSSR count). The summed E-state index contributed by atoms with van der Waals surface area (Å²) in [6.07, 6.45) is 0.190. The maximum atomic E-state index is 11.1. The van der Waals surface area contributed by atoms with Crippen LogP contribution in [0.5, 0.6) is 0 Å². The molecule has 1 atom stereocenters. The number of halogens is 1. The Morgan fingerprint density at radius 1 is 1.50 bits per heavy atom. The fourth-order valence-electron chi connectivity index (χ4n) is 1.48. The van der Waals surface area contributed by atoms with Crippen molar-refractivity contribution >= 4 is 18.3 Å². The van der Waals surface area contributed by atoms with Gasteiger partial charge in [0.2, 0.25) is 5.91 Å². The van der Waals surface area contributed by atoms with Gasteiger partial charge >= 0.3 is 0 Å². The van der Waals surface area contributed by atoms with Gasteiger partial charge < -0.3 is 4.90 Å². The van der Waals surface area contributed by atoms with Crippen molar-refractivity contribution in [1.29, 1.82) is 0 Å². The van der Waals surface area contributed by atoms with E-state index in [-0.39, 0.29) is 29.9 Å². The number of likely N-dealkylation sites (N-methyl/N-ethyl adjacent to an activating group) is 1. The molecule has 3 nitrogen and oxygen atoms in total. The number of nitrogens with one attached hydrogen (secondary N) is 1. The van der Waals surface area contributed by atoms with Crippen LogP contribution in [0.25, 0.3) is 0 Å². The quantitative estimate of drug-likeness (QED) is 0.617. The van der Waals surface area contributed by atoms with E-state index in [0.717, 1.165) is 0 Å². The Hall–Kier alpha value is -0.280. The third-order valence-electron chi connectivity index (χ3n) is 2.05. The van der Waals surface area contributed by atoms with E-state index >= 15 is 0 Å². The summed E-state index contributed by atoms with van der Waals surface area (Å²) in [5.41, 5.74) is 0.126. The molecule has 72 valence electrons. The Labute approximate surface area is 79.9 Å². The lowest BCUT2D eigenvalue weighted by Crippen LogP contribution is -2.44. The minimum absolute atomic E-state index is 0. The summed E-state index contributed by atoms with van der Waals surface area (Å²) < 4.78 is 0. The molecule has 1 amide bonds. The Bertz CT molecular complexity index is 176. The molecule has 0 radical (unpaired) electrons. The summed E-state index contributed by atoms with van der Waals surface area (Å²) in [4.78, 5) is 12.9. The van der Waals surface area contributed by atoms with Crippen LogP contribution in [0.4, 0.5) is 0 Å². The van der Waals surface area contributed by atoms with Gasteiger partial charge in [-0.2, -0.15) is 0 Å². The minimum Gasteiger partial charge on any atom is -0.329 e. The van der Waals surface area contributed by atoms with Gasteiger partial charge in [0.15, 0.2) is 0 Å². The average molecular weight is 193 g/mol. The van der Waals surface area contributed by atoms with Gasteiger partial charge in [-0.25, -0.2) is 0 Å². The van der Waals surface area contributed by atoms with Crippen LogP contribution in [0.2, 0.25) is 0 Å². The second-order valence-corrected chi connectivity index (χ2v) is 4.15. The third-order valence-corrected chi connectivity index (χ3v) is 2.05. The molecule has 1 saturated heterocycles. The van der Waals surface area contributed by atoms with Crippen LogP contribution in [0, 0.1) is 5.41 Å². The molecule has 12 heavy (non-hydrogen) atoms. The highest BCUT2D eigenvalue weighted by Gasteiger charge is 2.35. The van der Waals surface area contributed by atoms with E-state index in [1.54, 1.807) is 4.90 Å². The molecule has 1 fully saturated rings. The number of amides is 1. The van der Waals surface area contributed by atoms with E-state index in [4.69, 9.17) is 0 Å². The minimum atomic E-state index is 0. The maximum Gasteiger partial charge on any atom is 0.237 e.